The lowest BCUT2D eigenvalue weighted by atomic mass is 10.1. The van der Waals surface area contributed by atoms with E-state index in [1.165, 1.54) is 0 Å². The average molecular weight is 337 g/mol. The highest BCUT2D eigenvalue weighted by Gasteiger charge is 2.16. The van der Waals surface area contributed by atoms with Crippen molar-refractivity contribution >= 4 is 27.3 Å². The first-order valence-electron chi connectivity index (χ1n) is 6.69. The molecule has 0 saturated heterocycles. The monoisotopic (exact) mass is 336 g/mol. The second kappa shape index (κ2) is 6.50. The summed E-state index contributed by atoms with van der Waals surface area (Å²) >= 11 is 5.83. The fourth-order valence-corrected chi connectivity index (χ4v) is 3.24. The van der Waals surface area contributed by atoms with Crippen LogP contribution >= 0.6 is 11.6 Å². The number of halogens is 1. The predicted octanol–water partition coefficient (Wildman–Crippen LogP) is 3.66. The zero-order valence-electron chi connectivity index (χ0n) is 12.6. The molecule has 0 radical (unpaired) electrons. The van der Waals surface area contributed by atoms with Gasteiger partial charge in [0.05, 0.1) is 10.6 Å². The third kappa shape index (κ3) is 3.87. The van der Waals surface area contributed by atoms with Gasteiger partial charge in [-0.2, -0.15) is 18.4 Å². The Hall–Kier alpha value is -1.85. The van der Waals surface area contributed by atoms with Crippen LogP contribution in [0.25, 0.3) is 0 Å². The van der Waals surface area contributed by atoms with Gasteiger partial charge in [-0.3, -0.25) is 0 Å². The summed E-state index contributed by atoms with van der Waals surface area (Å²) in [5.74, 6) is 0. The minimum Gasteiger partial charge on any atom is -0.200 e. The number of hydrazone groups is 1. The number of sulfonamides is 1. The zero-order valence-corrected chi connectivity index (χ0v) is 14.2. The fraction of sp³-hybridized carbons (Fsp3) is 0.188. The Morgan fingerprint density at radius 2 is 1.73 bits per heavy atom. The Bertz CT molecular complexity index is 813. The SMILES string of the molecule is C/C(=N\NS(=O)(=O)c1cc(C)ccc1C)c1ccc(Cl)cc1. The van der Waals surface area contributed by atoms with Crippen LogP contribution in [0, 0.1) is 13.8 Å². The van der Waals surface area contributed by atoms with Crippen molar-refractivity contribution in [3.63, 3.8) is 0 Å². The molecule has 0 bridgehead atoms. The van der Waals surface area contributed by atoms with Gasteiger partial charge in [0.25, 0.3) is 10.0 Å². The first kappa shape index (κ1) is 16.5. The molecule has 0 atom stereocenters. The average Bonchev–Trinajstić information content (AvgIpc) is 2.48. The lowest BCUT2D eigenvalue weighted by molar-refractivity contribution is 0.583. The molecular weight excluding hydrogens is 320 g/mol. The summed E-state index contributed by atoms with van der Waals surface area (Å²) in [6.45, 7) is 5.33. The van der Waals surface area contributed by atoms with Gasteiger partial charge in [0.15, 0.2) is 0 Å². The van der Waals surface area contributed by atoms with E-state index >= 15 is 0 Å². The van der Waals surface area contributed by atoms with Gasteiger partial charge in [0, 0.05) is 5.02 Å². The van der Waals surface area contributed by atoms with E-state index in [1.54, 1.807) is 50.2 Å². The van der Waals surface area contributed by atoms with Gasteiger partial charge in [-0.25, -0.2) is 0 Å². The molecule has 6 heteroatoms. The molecule has 0 fully saturated rings. The van der Waals surface area contributed by atoms with Crippen LogP contribution in [-0.4, -0.2) is 14.1 Å². The fourth-order valence-electron chi connectivity index (χ4n) is 1.93. The van der Waals surface area contributed by atoms with Crippen LogP contribution in [0.1, 0.15) is 23.6 Å². The van der Waals surface area contributed by atoms with Crippen LogP contribution in [0.4, 0.5) is 0 Å². The highest BCUT2D eigenvalue weighted by Crippen LogP contribution is 2.17. The summed E-state index contributed by atoms with van der Waals surface area (Å²) in [4.78, 5) is 2.52. The van der Waals surface area contributed by atoms with Crippen molar-refractivity contribution in [2.45, 2.75) is 25.7 Å². The van der Waals surface area contributed by atoms with Crippen LogP contribution in [0.2, 0.25) is 5.02 Å². The largest absolute Gasteiger partial charge is 0.276 e. The van der Waals surface area contributed by atoms with E-state index in [1.807, 2.05) is 13.0 Å². The van der Waals surface area contributed by atoms with Crippen molar-refractivity contribution in [1.29, 1.82) is 0 Å². The molecule has 0 saturated carbocycles. The van der Waals surface area contributed by atoms with E-state index in [0.29, 0.717) is 16.3 Å². The van der Waals surface area contributed by atoms with E-state index in [2.05, 4.69) is 9.93 Å². The molecule has 2 aromatic carbocycles. The molecule has 22 heavy (non-hydrogen) atoms. The number of hydrogen-bond donors (Lipinski definition) is 1. The lowest BCUT2D eigenvalue weighted by Gasteiger charge is -2.09. The molecule has 2 aromatic rings. The molecule has 0 aliphatic carbocycles. The molecule has 0 aromatic heterocycles. The maximum Gasteiger partial charge on any atom is 0.276 e. The van der Waals surface area contributed by atoms with Crippen LogP contribution in [0.3, 0.4) is 0 Å². The molecule has 116 valence electrons. The first-order valence-corrected chi connectivity index (χ1v) is 8.55. The Morgan fingerprint density at radius 3 is 2.36 bits per heavy atom. The van der Waals surface area contributed by atoms with Crippen molar-refractivity contribution in [1.82, 2.24) is 4.83 Å². The van der Waals surface area contributed by atoms with Crippen molar-refractivity contribution in [3.8, 4) is 0 Å². The first-order chi connectivity index (χ1) is 10.3. The number of benzene rings is 2. The summed E-state index contributed by atoms with van der Waals surface area (Å²) in [5, 5.41) is 4.60. The molecule has 0 unspecified atom stereocenters. The van der Waals surface area contributed by atoms with Gasteiger partial charge < -0.3 is 0 Å². The summed E-state index contributed by atoms with van der Waals surface area (Å²) in [7, 11) is -3.69. The molecule has 0 heterocycles. The molecular formula is C16H17ClN2O2S. The Morgan fingerprint density at radius 1 is 1.09 bits per heavy atom. The smallest absolute Gasteiger partial charge is 0.200 e. The maximum absolute atomic E-state index is 12.4. The molecule has 0 spiro atoms. The zero-order chi connectivity index (χ0) is 16.3. The highest BCUT2D eigenvalue weighted by atomic mass is 35.5. The third-order valence-electron chi connectivity index (χ3n) is 3.23. The summed E-state index contributed by atoms with van der Waals surface area (Å²) in [6.07, 6.45) is 0. The lowest BCUT2D eigenvalue weighted by Crippen LogP contribution is -2.21. The molecule has 0 aliphatic heterocycles. The molecule has 1 N–H and O–H groups in total. The van der Waals surface area contributed by atoms with Gasteiger partial charge in [0.1, 0.15) is 0 Å². The maximum atomic E-state index is 12.4. The van der Waals surface area contributed by atoms with Crippen LogP contribution in [0.15, 0.2) is 52.5 Å². The third-order valence-corrected chi connectivity index (χ3v) is 4.83. The van der Waals surface area contributed by atoms with Gasteiger partial charge in [-0.15, -0.1) is 0 Å². The van der Waals surface area contributed by atoms with Crippen LogP contribution in [-0.2, 0) is 10.0 Å². The quantitative estimate of drug-likeness (QED) is 0.684. The molecule has 0 amide bonds. The minimum absolute atomic E-state index is 0.236. The number of hydrogen-bond acceptors (Lipinski definition) is 3. The van der Waals surface area contributed by atoms with Gasteiger partial charge >= 0.3 is 0 Å². The topological polar surface area (TPSA) is 58.5 Å². The number of nitrogens with zero attached hydrogens (tertiary/aromatic N) is 1. The van der Waals surface area contributed by atoms with Crippen LogP contribution in [0.5, 0.6) is 0 Å². The molecule has 2 rings (SSSR count). The minimum atomic E-state index is -3.69. The Kier molecular flexibility index (Phi) is 4.88. The summed E-state index contributed by atoms with van der Waals surface area (Å²) in [5.41, 5.74) is 2.92. The van der Waals surface area contributed by atoms with Gasteiger partial charge in [-0.1, -0.05) is 35.9 Å². The highest BCUT2D eigenvalue weighted by molar-refractivity contribution is 7.89. The number of rotatable bonds is 4. The van der Waals surface area contributed by atoms with E-state index in [-0.39, 0.29) is 4.90 Å². The second-order valence-electron chi connectivity index (χ2n) is 5.07. The normalized spacial score (nSPS) is 12.3. The van der Waals surface area contributed by atoms with Crippen molar-refractivity contribution in [2.75, 3.05) is 0 Å². The van der Waals surface area contributed by atoms with Crippen molar-refractivity contribution in [2.24, 2.45) is 5.10 Å². The van der Waals surface area contributed by atoms with E-state index in [0.717, 1.165) is 11.1 Å². The van der Waals surface area contributed by atoms with Gasteiger partial charge in [0.2, 0.25) is 0 Å². The Labute approximate surface area is 135 Å². The molecule has 0 aliphatic rings. The Balaban J connectivity index is 2.27. The van der Waals surface area contributed by atoms with Crippen molar-refractivity contribution in [3.05, 3.63) is 64.2 Å². The standard InChI is InChI=1S/C16H17ClN2O2S/c1-11-4-5-12(2)16(10-11)22(20,21)19-18-13(3)14-6-8-15(17)9-7-14/h4-10,19H,1-3H3/b18-13+. The number of aryl methyl sites for hydroxylation is 2. The van der Waals surface area contributed by atoms with Crippen LogP contribution < -0.4 is 4.83 Å². The predicted molar refractivity (Wildman–Crippen MR) is 89.9 cm³/mol. The molecule has 4 nitrogen and oxygen atoms in total. The number of nitrogens with one attached hydrogen (secondary N) is 1. The summed E-state index contributed by atoms with van der Waals surface area (Å²) in [6, 6.07) is 12.3. The summed E-state index contributed by atoms with van der Waals surface area (Å²) < 4.78 is 24.7. The second-order valence-corrected chi connectivity index (χ2v) is 7.13. The van der Waals surface area contributed by atoms with E-state index < -0.39 is 10.0 Å². The van der Waals surface area contributed by atoms with Crippen molar-refractivity contribution < 1.29 is 8.42 Å². The van der Waals surface area contributed by atoms with E-state index in [4.69, 9.17) is 11.6 Å². The van der Waals surface area contributed by atoms with Gasteiger partial charge in [-0.05, 0) is 55.7 Å². The van der Waals surface area contributed by atoms with E-state index in [9.17, 15) is 8.42 Å².